The lowest BCUT2D eigenvalue weighted by molar-refractivity contribution is 1.58. The van der Waals surface area contributed by atoms with Gasteiger partial charge in [0.2, 0.25) is 0 Å². The van der Waals surface area contributed by atoms with Crippen molar-refractivity contribution in [3.8, 4) is 55.6 Å². The van der Waals surface area contributed by atoms with Crippen molar-refractivity contribution in [2.45, 2.75) is 0 Å². The Balaban J connectivity index is 1.36. The third-order valence-corrected chi connectivity index (χ3v) is 10.1. The Morgan fingerprint density at radius 2 is 0.827 bits per heavy atom. The second-order valence-corrected chi connectivity index (χ2v) is 13.1. The highest BCUT2D eigenvalue weighted by atomic mass is 14.2. The molecule has 10 rings (SSSR count). The van der Waals surface area contributed by atoms with E-state index in [1.54, 1.807) is 0 Å². The fourth-order valence-electron chi connectivity index (χ4n) is 7.56. The first-order valence-electron chi connectivity index (χ1n) is 20.9. The summed E-state index contributed by atoms with van der Waals surface area (Å²) in [5.74, 6) is 0. The predicted octanol–water partition coefficient (Wildman–Crippen LogP) is 14.6. The van der Waals surface area contributed by atoms with Crippen LogP contribution in [0.15, 0.2) is 206 Å². The van der Waals surface area contributed by atoms with Gasteiger partial charge in [-0.05, 0) is 117 Å². The zero-order valence-electron chi connectivity index (χ0n) is 35.1. The lowest BCUT2D eigenvalue weighted by atomic mass is 9.83. The molecule has 0 aliphatic rings. The van der Waals surface area contributed by atoms with Gasteiger partial charge in [-0.25, -0.2) is 0 Å². The highest BCUT2D eigenvalue weighted by Gasteiger charge is 2.19. The minimum atomic E-state index is -0.392. The molecule has 0 unspecified atom stereocenters. The Morgan fingerprint density at radius 1 is 0.288 bits per heavy atom. The molecular weight excluding hydrogens is 625 g/mol. The van der Waals surface area contributed by atoms with Crippen molar-refractivity contribution < 1.29 is 9.60 Å². The first-order chi connectivity index (χ1) is 28.7. The van der Waals surface area contributed by atoms with E-state index >= 15 is 0 Å². The van der Waals surface area contributed by atoms with Crippen molar-refractivity contribution in [3.05, 3.63) is 206 Å². The molecule has 0 heterocycles. The molecule has 0 N–H and O–H groups in total. The lowest BCUT2D eigenvalue weighted by Gasteiger charge is -2.20. The van der Waals surface area contributed by atoms with E-state index in [2.05, 4.69) is 36.4 Å². The molecule has 0 aliphatic carbocycles. The molecule has 0 aromatic heterocycles. The number of hydrogen-bond donors (Lipinski definition) is 0. The van der Waals surface area contributed by atoms with Crippen LogP contribution in [0.2, 0.25) is 0 Å². The molecule has 0 atom stereocenters. The van der Waals surface area contributed by atoms with Gasteiger partial charge in [0.25, 0.3) is 0 Å². The van der Waals surface area contributed by atoms with Gasteiger partial charge in [-0.3, -0.25) is 0 Å². The van der Waals surface area contributed by atoms with E-state index in [0.717, 1.165) is 43.8 Å². The third kappa shape index (κ3) is 5.16. The van der Waals surface area contributed by atoms with Crippen molar-refractivity contribution in [1.82, 2.24) is 0 Å². The fourth-order valence-corrected chi connectivity index (χ4v) is 7.56. The maximum Gasteiger partial charge on any atom is 0.0636 e. The Labute approximate surface area is 313 Å². The van der Waals surface area contributed by atoms with Crippen molar-refractivity contribution in [2.24, 2.45) is 0 Å². The maximum absolute atomic E-state index is 10.2. The van der Waals surface area contributed by atoms with Gasteiger partial charge in [-0.1, -0.05) is 188 Å². The molecule has 0 saturated heterocycles. The second-order valence-electron chi connectivity index (χ2n) is 13.1. The van der Waals surface area contributed by atoms with Gasteiger partial charge in [-0.15, -0.1) is 0 Å². The van der Waals surface area contributed by atoms with Gasteiger partial charge >= 0.3 is 0 Å². The van der Waals surface area contributed by atoms with E-state index in [9.17, 15) is 6.85 Å². The van der Waals surface area contributed by atoms with Crippen LogP contribution in [0.25, 0.3) is 98.7 Å². The van der Waals surface area contributed by atoms with E-state index in [4.69, 9.17) is 2.74 Å². The molecule has 10 aromatic carbocycles. The summed E-state index contributed by atoms with van der Waals surface area (Å²) in [6, 6.07) is 52.1. The summed E-state index contributed by atoms with van der Waals surface area (Å²) in [6.07, 6.45) is 0. The molecule has 0 radical (unpaired) electrons. The van der Waals surface area contributed by atoms with E-state index in [-0.39, 0.29) is 47.0 Å². The summed E-state index contributed by atoms with van der Waals surface area (Å²) in [4.78, 5) is 0. The van der Waals surface area contributed by atoms with Gasteiger partial charge < -0.3 is 0 Å². The van der Waals surface area contributed by atoms with Crippen LogP contribution in [0.3, 0.4) is 0 Å². The third-order valence-electron chi connectivity index (χ3n) is 10.1. The summed E-state index contributed by atoms with van der Waals surface area (Å²) in [7, 11) is 0. The lowest BCUT2D eigenvalue weighted by Crippen LogP contribution is -1.92. The monoisotopic (exact) mass is 665 g/mol. The summed E-state index contributed by atoms with van der Waals surface area (Å²) < 4.78 is 66.7. The van der Waals surface area contributed by atoms with Gasteiger partial charge in [0.05, 0.1) is 9.60 Å². The molecule has 52 heavy (non-hydrogen) atoms. The van der Waals surface area contributed by atoms with Crippen LogP contribution in [0.1, 0.15) is 9.60 Å². The smallest absolute Gasteiger partial charge is 0.0622 e. The fraction of sp³-hybridized carbons (Fsp3) is 0. The molecule has 0 spiro atoms. The minimum absolute atomic E-state index is 0.0173. The first-order valence-corrected chi connectivity index (χ1v) is 17.4. The van der Waals surface area contributed by atoms with Gasteiger partial charge in [0, 0.05) is 0 Å². The zero-order valence-corrected chi connectivity index (χ0v) is 28.1. The van der Waals surface area contributed by atoms with Crippen LogP contribution in [0.5, 0.6) is 0 Å². The van der Waals surface area contributed by atoms with Gasteiger partial charge in [0.1, 0.15) is 0 Å². The quantitative estimate of drug-likeness (QED) is 0.161. The molecular formula is C52H34. The maximum atomic E-state index is 10.2. The Bertz CT molecular complexity index is 3330. The highest BCUT2D eigenvalue weighted by molar-refractivity contribution is 6.22. The summed E-state index contributed by atoms with van der Waals surface area (Å²) in [5, 5.41) is 4.86. The number of benzene rings is 10. The normalized spacial score (nSPS) is 13.3. The molecule has 0 heteroatoms. The van der Waals surface area contributed by atoms with Crippen LogP contribution in [0, 0.1) is 0 Å². The van der Waals surface area contributed by atoms with E-state index in [0.29, 0.717) is 44.2 Å². The molecule has 10 aromatic rings. The van der Waals surface area contributed by atoms with Crippen LogP contribution < -0.4 is 0 Å². The van der Waals surface area contributed by atoms with Crippen LogP contribution in [0.4, 0.5) is 0 Å². The number of hydrogen-bond acceptors (Lipinski definition) is 0. The van der Waals surface area contributed by atoms with Gasteiger partial charge in [-0.2, -0.15) is 0 Å². The first kappa shape index (κ1) is 23.6. The topological polar surface area (TPSA) is 0 Å². The molecule has 0 nitrogen and oxygen atoms in total. The minimum Gasteiger partial charge on any atom is -0.0622 e. The van der Waals surface area contributed by atoms with Crippen molar-refractivity contribution in [2.75, 3.05) is 0 Å². The Morgan fingerprint density at radius 3 is 1.63 bits per heavy atom. The van der Waals surface area contributed by atoms with E-state index in [1.807, 2.05) is 127 Å². The predicted molar refractivity (Wildman–Crippen MR) is 224 cm³/mol. The van der Waals surface area contributed by atoms with Crippen molar-refractivity contribution in [3.63, 3.8) is 0 Å². The highest BCUT2D eigenvalue weighted by Crippen LogP contribution is 2.46. The second kappa shape index (κ2) is 12.5. The van der Waals surface area contributed by atoms with Gasteiger partial charge in [0.15, 0.2) is 0 Å². The summed E-state index contributed by atoms with van der Waals surface area (Å²) in [5.41, 5.74) is 7.04. The number of fused-ring (bicyclic) bond motifs is 4. The molecule has 0 amide bonds. The van der Waals surface area contributed by atoms with Crippen LogP contribution in [-0.2, 0) is 0 Å². The molecule has 242 valence electrons. The SMILES string of the molecule is [2H]c1c([2H])c([2H])c2c(-c3ccc4ccccc4c3)c3c([2H])c(-c4cccc5ccccc45)c([2H])c([2H])c3c(-c3cccc(-c4ccc(-c5ccccc5)cc4)c3)c2c1[2H]. The Kier molecular flexibility index (Phi) is 5.69. The summed E-state index contributed by atoms with van der Waals surface area (Å²) in [6.45, 7) is 0. The van der Waals surface area contributed by atoms with Crippen molar-refractivity contribution >= 4 is 43.1 Å². The summed E-state index contributed by atoms with van der Waals surface area (Å²) >= 11 is 0. The Hall–Kier alpha value is -6.76. The molecule has 0 fully saturated rings. The molecule has 0 aliphatic heterocycles. The average molecular weight is 666 g/mol. The van der Waals surface area contributed by atoms with Crippen molar-refractivity contribution in [1.29, 1.82) is 0 Å². The van der Waals surface area contributed by atoms with E-state index < -0.39 is 6.04 Å². The van der Waals surface area contributed by atoms with Crippen LogP contribution >= 0.6 is 0 Å². The standard InChI is InChI=1S/C52H34/c1-2-12-35(13-3-1)37-24-26-38(27-25-37)41-18-10-19-43(32-41)51-47-21-8-9-22-48(47)52(44-29-28-36-14-4-5-16-40(36)33-44)50-34-42(30-31-49(50)51)46-23-11-17-39-15-6-7-20-45(39)46/h1-34H/i8D,9D,21D,22D,30D,31D,34D. The zero-order chi connectivity index (χ0) is 40.5. The molecule has 0 bridgehead atoms. The average Bonchev–Trinajstić information content (AvgIpc) is 3.28. The van der Waals surface area contributed by atoms with Crippen LogP contribution in [-0.4, -0.2) is 0 Å². The molecule has 0 saturated carbocycles. The largest absolute Gasteiger partial charge is 0.0636 e. The van der Waals surface area contributed by atoms with E-state index in [1.165, 1.54) is 0 Å². The number of rotatable bonds is 5.